The Kier molecular flexibility index (Phi) is 5.73. The molecule has 0 unspecified atom stereocenters. The van der Waals surface area contributed by atoms with Crippen LogP contribution in [0.1, 0.15) is 13.8 Å². The van der Waals surface area contributed by atoms with E-state index in [-0.39, 0.29) is 11.8 Å². The van der Waals surface area contributed by atoms with Crippen molar-refractivity contribution in [1.82, 2.24) is 4.98 Å². The van der Waals surface area contributed by atoms with Crippen molar-refractivity contribution in [2.75, 3.05) is 16.8 Å². The van der Waals surface area contributed by atoms with Crippen LogP contribution in [0, 0.1) is 0 Å². The molecule has 30 heavy (non-hydrogen) atoms. The lowest BCUT2D eigenvalue weighted by molar-refractivity contribution is -0.274. The van der Waals surface area contributed by atoms with E-state index in [0.717, 1.165) is 28.9 Å². The lowest BCUT2D eigenvalue weighted by Gasteiger charge is -2.23. The maximum atomic E-state index is 12.3. The molecule has 1 aromatic heterocycles. The summed E-state index contributed by atoms with van der Waals surface area (Å²) < 4.78 is 40.9. The van der Waals surface area contributed by atoms with E-state index in [1.54, 1.807) is 18.2 Å². The minimum atomic E-state index is -4.79. The van der Waals surface area contributed by atoms with Crippen LogP contribution < -0.4 is 20.3 Å². The Bertz CT molecular complexity index is 1050. The first-order chi connectivity index (χ1) is 14.0. The molecule has 0 atom stereocenters. The first-order valence-electron chi connectivity index (χ1n) is 9.14. The summed E-state index contributed by atoms with van der Waals surface area (Å²) >= 11 is 0. The Balaban J connectivity index is 1.94. The molecule has 2 N–H and O–H groups in total. The van der Waals surface area contributed by atoms with E-state index in [4.69, 9.17) is 5.73 Å². The topological polar surface area (TPSA) is 71.7 Å². The van der Waals surface area contributed by atoms with E-state index < -0.39 is 12.4 Å². The molecule has 0 aliphatic heterocycles. The summed E-state index contributed by atoms with van der Waals surface area (Å²) in [4.78, 5) is 19.9. The van der Waals surface area contributed by atoms with E-state index in [2.05, 4.69) is 23.6 Å². The average Bonchev–Trinajstić information content (AvgIpc) is 2.67. The smallest absolute Gasteiger partial charge is 0.406 e. The number of hydrogen-bond donors (Lipinski definition) is 1. The van der Waals surface area contributed by atoms with Crippen LogP contribution in [0.3, 0.4) is 0 Å². The van der Waals surface area contributed by atoms with Gasteiger partial charge in [-0.2, -0.15) is 0 Å². The van der Waals surface area contributed by atoms with Crippen LogP contribution in [0.2, 0.25) is 0 Å². The van der Waals surface area contributed by atoms with Crippen molar-refractivity contribution in [2.45, 2.75) is 26.3 Å². The van der Waals surface area contributed by atoms with Gasteiger partial charge in [0.25, 0.3) is 0 Å². The lowest BCUT2D eigenvalue weighted by Crippen LogP contribution is -2.31. The van der Waals surface area contributed by atoms with Crippen LogP contribution in [0.5, 0.6) is 5.75 Å². The molecule has 1 heterocycles. The molecule has 0 bridgehead atoms. The quantitative estimate of drug-likeness (QED) is 0.619. The third kappa shape index (κ3) is 4.73. The molecular formula is C21H21F3N4O2. The fraction of sp³-hybridized carbons (Fsp3) is 0.238. The molecule has 6 nitrogen and oxygen atoms in total. The second kappa shape index (κ2) is 8.10. The molecule has 2 aromatic carbocycles. The highest BCUT2D eigenvalue weighted by Crippen LogP contribution is 2.31. The van der Waals surface area contributed by atoms with Crippen molar-refractivity contribution in [3.63, 3.8) is 0 Å². The predicted molar refractivity (Wildman–Crippen MR) is 110 cm³/mol. The van der Waals surface area contributed by atoms with Gasteiger partial charge < -0.3 is 15.4 Å². The summed E-state index contributed by atoms with van der Waals surface area (Å²) in [5, 5.41) is 0.789. The van der Waals surface area contributed by atoms with Crippen LogP contribution >= 0.6 is 0 Å². The Morgan fingerprint density at radius 3 is 2.23 bits per heavy atom. The normalized spacial score (nSPS) is 11.6. The summed E-state index contributed by atoms with van der Waals surface area (Å²) in [6.45, 7) is 4.12. The molecule has 2 amide bonds. The molecule has 0 aliphatic rings. The zero-order chi connectivity index (χ0) is 22.1. The Morgan fingerprint density at radius 1 is 1.03 bits per heavy atom. The number of hydrogen-bond acceptors (Lipinski definition) is 4. The largest absolute Gasteiger partial charge is 0.573 e. The number of carbonyl (C=O) groups excluding carboxylic acids is 1. The van der Waals surface area contributed by atoms with Gasteiger partial charge in [0.15, 0.2) is 0 Å². The number of fused-ring (bicyclic) bond motifs is 1. The molecule has 3 rings (SSSR count). The maximum absolute atomic E-state index is 12.3. The number of nitrogens with two attached hydrogens (primary N) is 1. The highest BCUT2D eigenvalue weighted by Gasteiger charge is 2.31. The number of pyridine rings is 1. The van der Waals surface area contributed by atoms with Crippen molar-refractivity contribution in [2.24, 2.45) is 5.73 Å². The van der Waals surface area contributed by atoms with Crippen LogP contribution in [0.4, 0.5) is 35.2 Å². The minimum Gasteiger partial charge on any atom is -0.406 e. The van der Waals surface area contributed by atoms with Gasteiger partial charge in [0.1, 0.15) is 11.6 Å². The first-order valence-corrected chi connectivity index (χ1v) is 9.14. The summed E-state index contributed by atoms with van der Waals surface area (Å²) in [5.74, 6) is 0.428. The summed E-state index contributed by atoms with van der Waals surface area (Å²) in [7, 11) is 1.95. The van der Waals surface area contributed by atoms with E-state index in [9.17, 15) is 18.0 Å². The zero-order valence-electron chi connectivity index (χ0n) is 16.6. The second-order valence-electron chi connectivity index (χ2n) is 6.97. The standard InChI is InChI=1S/C21H21F3N4O2/c1-13(2)27(3)19-11-4-14-12-16(7-10-18(14)26-19)28(20(25)29)15-5-8-17(9-6-15)30-21(22,23)24/h4-13H,1-3H3,(H2,25,29). The summed E-state index contributed by atoms with van der Waals surface area (Å²) in [6.07, 6.45) is -4.79. The molecule has 0 radical (unpaired) electrons. The Hall–Kier alpha value is -3.49. The monoisotopic (exact) mass is 418 g/mol. The number of carbonyl (C=O) groups is 1. The summed E-state index contributed by atoms with van der Waals surface area (Å²) in [6, 6.07) is 13.4. The van der Waals surface area contributed by atoms with Gasteiger partial charge in [0, 0.05) is 18.5 Å². The number of amides is 2. The number of anilines is 3. The van der Waals surface area contributed by atoms with E-state index in [1.807, 2.05) is 24.1 Å². The Morgan fingerprint density at radius 2 is 1.67 bits per heavy atom. The van der Waals surface area contributed by atoms with Crippen LogP contribution in [-0.2, 0) is 0 Å². The number of ether oxygens (including phenoxy) is 1. The van der Waals surface area contributed by atoms with Gasteiger partial charge in [-0.3, -0.25) is 4.90 Å². The molecule has 3 aromatic rings. The van der Waals surface area contributed by atoms with E-state index in [1.165, 1.54) is 17.0 Å². The van der Waals surface area contributed by atoms with Crippen molar-refractivity contribution in [3.8, 4) is 5.75 Å². The highest BCUT2D eigenvalue weighted by atomic mass is 19.4. The lowest BCUT2D eigenvalue weighted by atomic mass is 10.1. The van der Waals surface area contributed by atoms with Crippen molar-refractivity contribution in [1.29, 1.82) is 0 Å². The van der Waals surface area contributed by atoms with E-state index in [0.29, 0.717) is 11.4 Å². The molecule has 9 heteroatoms. The fourth-order valence-corrected chi connectivity index (χ4v) is 2.90. The SMILES string of the molecule is CC(C)N(C)c1ccc2cc(N(C(N)=O)c3ccc(OC(F)(F)F)cc3)ccc2n1. The van der Waals surface area contributed by atoms with Crippen LogP contribution in [-0.4, -0.2) is 30.5 Å². The number of benzene rings is 2. The molecule has 0 saturated carbocycles. The highest BCUT2D eigenvalue weighted by molar-refractivity contribution is 6.00. The molecule has 158 valence electrons. The van der Waals surface area contributed by atoms with Crippen molar-refractivity contribution in [3.05, 3.63) is 54.6 Å². The molecule has 0 aliphatic carbocycles. The fourth-order valence-electron chi connectivity index (χ4n) is 2.90. The minimum absolute atomic E-state index is 0.281. The van der Waals surface area contributed by atoms with E-state index >= 15 is 0 Å². The van der Waals surface area contributed by atoms with Gasteiger partial charge in [-0.05, 0) is 68.4 Å². The number of halogens is 3. The van der Waals surface area contributed by atoms with Crippen LogP contribution in [0.15, 0.2) is 54.6 Å². The number of rotatable bonds is 5. The predicted octanol–water partition coefficient (Wildman–Crippen LogP) is 5.19. The van der Waals surface area contributed by atoms with Crippen LogP contribution in [0.25, 0.3) is 10.9 Å². The first kappa shape index (κ1) is 21.2. The summed E-state index contributed by atoms with van der Waals surface area (Å²) in [5.41, 5.74) is 7.04. The second-order valence-corrected chi connectivity index (χ2v) is 6.97. The Labute approximate surface area is 171 Å². The molecular weight excluding hydrogens is 397 g/mol. The van der Waals surface area contributed by atoms with Gasteiger partial charge >= 0.3 is 12.4 Å². The zero-order valence-corrected chi connectivity index (χ0v) is 16.6. The molecule has 0 saturated heterocycles. The number of urea groups is 1. The van der Waals surface area contributed by atoms with Gasteiger partial charge in [0.05, 0.1) is 16.9 Å². The number of aromatic nitrogens is 1. The van der Waals surface area contributed by atoms with Gasteiger partial charge in [-0.15, -0.1) is 13.2 Å². The third-order valence-electron chi connectivity index (χ3n) is 4.60. The van der Waals surface area contributed by atoms with Gasteiger partial charge in [-0.1, -0.05) is 0 Å². The third-order valence-corrected chi connectivity index (χ3v) is 4.60. The van der Waals surface area contributed by atoms with Crippen molar-refractivity contribution < 1.29 is 22.7 Å². The average molecular weight is 418 g/mol. The number of primary amides is 1. The number of nitrogens with zero attached hydrogens (tertiary/aromatic N) is 3. The molecule has 0 spiro atoms. The number of alkyl halides is 3. The maximum Gasteiger partial charge on any atom is 0.573 e. The molecule has 0 fully saturated rings. The van der Waals surface area contributed by atoms with Gasteiger partial charge in [-0.25, -0.2) is 9.78 Å². The van der Waals surface area contributed by atoms with Gasteiger partial charge in [0.2, 0.25) is 0 Å². The van der Waals surface area contributed by atoms with Crippen molar-refractivity contribution >= 4 is 34.1 Å².